The van der Waals surface area contributed by atoms with Gasteiger partial charge in [-0.05, 0) is 75.4 Å². The molecule has 1 aliphatic rings. The van der Waals surface area contributed by atoms with Gasteiger partial charge in [0.1, 0.15) is 5.00 Å². The molecule has 12 nitrogen and oxygen atoms in total. The Bertz CT molecular complexity index is 1730. The fraction of sp³-hybridized carbons (Fsp3) is 0.300. The molecule has 0 saturated carbocycles. The topological polar surface area (TPSA) is 158 Å². The maximum absolute atomic E-state index is 13.4. The van der Waals surface area contributed by atoms with Crippen LogP contribution in [-0.4, -0.2) is 49.3 Å². The Morgan fingerprint density at radius 2 is 1.93 bits per heavy atom. The number of esters is 1. The molecule has 2 aromatic carbocycles. The number of nitro benzene ring substituents is 1. The van der Waals surface area contributed by atoms with Crippen molar-refractivity contribution in [1.82, 2.24) is 20.1 Å². The number of benzene rings is 2. The minimum atomic E-state index is -0.614. The highest BCUT2D eigenvalue weighted by molar-refractivity contribution is 8.00. The van der Waals surface area contributed by atoms with E-state index in [0.29, 0.717) is 21.5 Å². The Balaban J connectivity index is 1.35. The van der Waals surface area contributed by atoms with Crippen LogP contribution >= 0.6 is 23.1 Å². The minimum Gasteiger partial charge on any atom is -0.462 e. The van der Waals surface area contributed by atoms with Crippen molar-refractivity contribution in [3.63, 3.8) is 0 Å². The second-order valence-electron chi connectivity index (χ2n) is 10.1. The highest BCUT2D eigenvalue weighted by atomic mass is 32.2. The Morgan fingerprint density at radius 3 is 2.64 bits per heavy atom. The Labute approximate surface area is 261 Å². The van der Waals surface area contributed by atoms with Crippen LogP contribution in [0.25, 0.3) is 5.69 Å². The van der Waals surface area contributed by atoms with Gasteiger partial charge in [0.25, 0.3) is 11.6 Å². The van der Waals surface area contributed by atoms with Crippen LogP contribution in [0, 0.1) is 17.0 Å². The lowest BCUT2D eigenvalue weighted by molar-refractivity contribution is -0.384. The molecule has 228 valence electrons. The molecular formula is C30H30N6O6S2. The summed E-state index contributed by atoms with van der Waals surface area (Å²) in [5.74, 6) is -0.726. The lowest BCUT2D eigenvalue weighted by Crippen LogP contribution is -2.25. The van der Waals surface area contributed by atoms with E-state index < -0.39 is 22.0 Å². The second kappa shape index (κ2) is 13.4. The molecule has 0 radical (unpaired) electrons. The van der Waals surface area contributed by atoms with Crippen LogP contribution in [0.2, 0.25) is 0 Å². The van der Waals surface area contributed by atoms with Gasteiger partial charge in [-0.15, -0.1) is 21.5 Å². The standard InChI is InChI=1S/C30H30N6O6S2/c1-4-42-29(39)25-22-9-6-10-23(22)44-28(25)32-26(37)18(3)43-30-34-33-24(35(30)21-8-5-7-17(2)15-21)16-31-27(38)19-11-13-20(14-12-19)36(40)41/h5,7-8,11-15,18H,4,6,9-10,16H2,1-3H3,(H,31,38)(H,32,37)/t18-/m0/s1. The molecule has 0 unspecified atom stereocenters. The first-order chi connectivity index (χ1) is 21.2. The average Bonchev–Trinajstić information content (AvgIpc) is 3.70. The zero-order valence-electron chi connectivity index (χ0n) is 24.3. The van der Waals surface area contributed by atoms with Gasteiger partial charge in [-0.1, -0.05) is 23.9 Å². The molecule has 0 bridgehead atoms. The third kappa shape index (κ3) is 6.65. The number of non-ortho nitro benzene ring substituents is 1. The van der Waals surface area contributed by atoms with Gasteiger partial charge in [0.05, 0.1) is 28.9 Å². The van der Waals surface area contributed by atoms with Crippen LogP contribution in [0.4, 0.5) is 10.7 Å². The van der Waals surface area contributed by atoms with E-state index in [1.54, 1.807) is 18.4 Å². The van der Waals surface area contributed by atoms with Crippen molar-refractivity contribution in [3.8, 4) is 5.69 Å². The summed E-state index contributed by atoms with van der Waals surface area (Å²) >= 11 is 2.62. The SMILES string of the molecule is CCOC(=O)c1c(NC(=O)[C@H](C)Sc2nnc(CNC(=O)c3ccc([N+](=O)[O-])cc3)n2-c2cccc(C)c2)sc2c1CCC2. The first-order valence-electron chi connectivity index (χ1n) is 14.0. The molecule has 2 heterocycles. The van der Waals surface area contributed by atoms with Crippen LogP contribution in [-0.2, 0) is 28.9 Å². The van der Waals surface area contributed by atoms with Crippen LogP contribution in [0.5, 0.6) is 0 Å². The molecule has 5 rings (SSSR count). The van der Waals surface area contributed by atoms with Gasteiger partial charge in [0.15, 0.2) is 11.0 Å². The van der Waals surface area contributed by atoms with Crippen molar-refractivity contribution in [2.24, 2.45) is 0 Å². The highest BCUT2D eigenvalue weighted by Crippen LogP contribution is 2.40. The van der Waals surface area contributed by atoms with Crippen molar-refractivity contribution in [2.75, 3.05) is 11.9 Å². The number of rotatable bonds is 11. The van der Waals surface area contributed by atoms with Crippen molar-refractivity contribution in [1.29, 1.82) is 0 Å². The number of hydrogen-bond donors (Lipinski definition) is 2. The second-order valence-corrected chi connectivity index (χ2v) is 12.5. The van der Waals surface area contributed by atoms with Gasteiger partial charge in [0.2, 0.25) is 5.91 Å². The number of ether oxygens (including phenoxy) is 1. The summed E-state index contributed by atoms with van der Waals surface area (Å²) in [6.45, 7) is 5.71. The Kier molecular flexibility index (Phi) is 9.40. The fourth-order valence-electron chi connectivity index (χ4n) is 4.85. The van der Waals surface area contributed by atoms with Crippen molar-refractivity contribution in [2.45, 2.75) is 57.0 Å². The van der Waals surface area contributed by atoms with Crippen molar-refractivity contribution >= 4 is 51.6 Å². The average molecular weight is 635 g/mol. The van der Waals surface area contributed by atoms with E-state index in [-0.39, 0.29) is 30.3 Å². The molecule has 0 spiro atoms. The maximum atomic E-state index is 13.4. The summed E-state index contributed by atoms with van der Waals surface area (Å²) in [4.78, 5) is 50.4. The number of aryl methyl sites for hydroxylation is 2. The number of nitro groups is 1. The first kappa shape index (κ1) is 30.9. The summed E-state index contributed by atoms with van der Waals surface area (Å²) in [5, 5.41) is 25.7. The molecule has 0 aliphatic heterocycles. The Hall–Kier alpha value is -4.56. The highest BCUT2D eigenvalue weighted by Gasteiger charge is 2.30. The normalized spacial score (nSPS) is 12.8. The maximum Gasteiger partial charge on any atom is 0.341 e. The van der Waals surface area contributed by atoms with E-state index in [1.165, 1.54) is 47.4 Å². The third-order valence-electron chi connectivity index (χ3n) is 7.00. The molecule has 44 heavy (non-hydrogen) atoms. The van der Waals surface area contributed by atoms with Gasteiger partial charge in [0, 0.05) is 28.3 Å². The number of thioether (sulfide) groups is 1. The number of fused-ring (bicyclic) bond motifs is 1. The smallest absolute Gasteiger partial charge is 0.341 e. The summed E-state index contributed by atoms with van der Waals surface area (Å²) in [7, 11) is 0. The minimum absolute atomic E-state index is 0.0154. The van der Waals surface area contributed by atoms with E-state index >= 15 is 0 Å². The molecule has 0 fully saturated rings. The van der Waals surface area contributed by atoms with Crippen LogP contribution in [0.1, 0.15) is 62.8 Å². The van der Waals surface area contributed by atoms with E-state index in [9.17, 15) is 24.5 Å². The van der Waals surface area contributed by atoms with E-state index in [2.05, 4.69) is 20.8 Å². The molecular weight excluding hydrogens is 605 g/mol. The quantitative estimate of drug-likeness (QED) is 0.0971. The number of nitrogens with one attached hydrogen (secondary N) is 2. The number of hydrogen-bond acceptors (Lipinski definition) is 10. The van der Waals surface area contributed by atoms with Gasteiger partial charge >= 0.3 is 5.97 Å². The van der Waals surface area contributed by atoms with E-state index in [4.69, 9.17) is 4.74 Å². The number of carbonyl (C=O) groups excluding carboxylic acids is 3. The van der Waals surface area contributed by atoms with Crippen molar-refractivity contribution in [3.05, 3.63) is 91.6 Å². The van der Waals surface area contributed by atoms with Gasteiger partial charge in [-0.3, -0.25) is 24.3 Å². The molecule has 2 aromatic heterocycles. The molecule has 4 aromatic rings. The molecule has 1 aliphatic carbocycles. The predicted molar refractivity (Wildman–Crippen MR) is 167 cm³/mol. The lowest BCUT2D eigenvalue weighted by atomic mass is 10.1. The van der Waals surface area contributed by atoms with Gasteiger partial charge < -0.3 is 15.4 Å². The molecule has 1 atom stereocenters. The number of carbonyl (C=O) groups is 3. The Morgan fingerprint density at radius 1 is 1.16 bits per heavy atom. The van der Waals surface area contributed by atoms with Crippen molar-refractivity contribution < 1.29 is 24.0 Å². The van der Waals surface area contributed by atoms with Crippen LogP contribution in [0.3, 0.4) is 0 Å². The molecule has 0 saturated heterocycles. The van der Waals surface area contributed by atoms with Crippen LogP contribution < -0.4 is 10.6 Å². The number of nitrogens with zero attached hydrogens (tertiary/aromatic N) is 4. The molecule has 2 amide bonds. The van der Waals surface area contributed by atoms with Gasteiger partial charge in [-0.25, -0.2) is 4.79 Å². The lowest BCUT2D eigenvalue weighted by Gasteiger charge is -2.15. The number of thiophene rings is 1. The summed E-state index contributed by atoms with van der Waals surface area (Å²) in [5.41, 5.74) is 3.31. The first-order valence-corrected chi connectivity index (χ1v) is 15.7. The number of amides is 2. The zero-order valence-corrected chi connectivity index (χ0v) is 25.9. The summed E-state index contributed by atoms with van der Waals surface area (Å²) in [6.07, 6.45) is 2.62. The predicted octanol–water partition coefficient (Wildman–Crippen LogP) is 5.26. The fourth-order valence-corrected chi connectivity index (χ4v) is 7.02. The number of aromatic nitrogens is 3. The van der Waals surface area contributed by atoms with E-state index in [0.717, 1.165) is 41.0 Å². The van der Waals surface area contributed by atoms with E-state index in [1.807, 2.05) is 31.2 Å². The summed E-state index contributed by atoms with van der Waals surface area (Å²) < 4.78 is 7.06. The third-order valence-corrected chi connectivity index (χ3v) is 9.25. The van der Waals surface area contributed by atoms with Gasteiger partial charge in [-0.2, -0.15) is 0 Å². The molecule has 14 heteroatoms. The zero-order chi connectivity index (χ0) is 31.4. The molecule has 2 N–H and O–H groups in total. The monoisotopic (exact) mass is 634 g/mol. The number of anilines is 1. The van der Waals surface area contributed by atoms with Crippen LogP contribution in [0.15, 0.2) is 53.7 Å². The largest absolute Gasteiger partial charge is 0.462 e. The summed E-state index contributed by atoms with van der Waals surface area (Å²) in [6, 6.07) is 13.0.